The van der Waals surface area contributed by atoms with E-state index in [2.05, 4.69) is 58.9 Å². The minimum atomic E-state index is -5.81. The highest BCUT2D eigenvalue weighted by Crippen LogP contribution is 2.49. The molecule has 0 aromatic rings. The van der Waals surface area contributed by atoms with Crippen LogP contribution in [0.5, 0.6) is 0 Å². The number of phosphoric acid groups is 1. The zero-order chi connectivity index (χ0) is 84.8. The van der Waals surface area contributed by atoms with Gasteiger partial charge in [-0.2, -0.15) is 0 Å². The molecule has 0 amide bonds. The summed E-state index contributed by atoms with van der Waals surface area (Å²) in [4.78, 5) is 66.4. The number of phosphoric ester groups is 1. The highest BCUT2D eigenvalue weighted by atomic mass is 31.2. The predicted octanol–water partition coefficient (Wildman–Crippen LogP) is 16.8. The van der Waals surface area contributed by atoms with Crippen molar-refractivity contribution in [3.8, 4) is 0 Å². The first-order valence-electron chi connectivity index (χ1n) is 46.5. The Morgan fingerprint density at radius 3 is 1.13 bits per heavy atom. The van der Waals surface area contributed by atoms with Gasteiger partial charge in [-0.3, -0.25) is 28.2 Å². The van der Waals surface area contributed by atoms with Gasteiger partial charge < -0.3 is 88.7 Å². The molecule has 3 aliphatic rings. The van der Waals surface area contributed by atoms with E-state index >= 15 is 0 Å². The number of aliphatic hydroxyl groups is 9. The van der Waals surface area contributed by atoms with Gasteiger partial charge in [-0.1, -0.05) is 309 Å². The average Bonchev–Trinajstić information content (AvgIpc) is 0.754. The second kappa shape index (κ2) is 68.4. The smallest absolute Gasteiger partial charge is 0.463 e. The van der Waals surface area contributed by atoms with Crippen molar-refractivity contribution in [1.29, 1.82) is 0 Å². The molecule has 1 aliphatic carbocycles. The van der Waals surface area contributed by atoms with Crippen LogP contribution in [0.25, 0.3) is 0 Å². The lowest BCUT2D eigenvalue weighted by atomic mass is 9.84. The van der Waals surface area contributed by atoms with Gasteiger partial charge in [-0.05, 0) is 83.0 Å². The van der Waals surface area contributed by atoms with E-state index in [1.54, 1.807) is 0 Å². The Morgan fingerprint density at radius 1 is 0.362 bits per heavy atom. The van der Waals surface area contributed by atoms with Gasteiger partial charge in [0.05, 0.1) is 13.2 Å². The number of rotatable bonds is 74. The van der Waals surface area contributed by atoms with Crippen LogP contribution in [0.4, 0.5) is 0 Å². The van der Waals surface area contributed by atoms with E-state index in [0.717, 1.165) is 135 Å². The largest absolute Gasteiger partial charge is 0.472 e. The maximum absolute atomic E-state index is 14.9. The van der Waals surface area contributed by atoms with E-state index in [1.807, 2.05) is 0 Å². The minimum absolute atomic E-state index is 0.00624. The summed E-state index contributed by atoms with van der Waals surface area (Å²) in [6.45, 7) is 7.85. The molecule has 1 saturated carbocycles. The molecule has 0 bridgehead atoms. The summed E-state index contributed by atoms with van der Waals surface area (Å²) in [6, 6.07) is 0. The maximum atomic E-state index is 14.9. The number of carbonyl (C=O) groups excluding carboxylic acids is 4. The fraction of sp³-hybridized carbons (Fsp3) is 0.911. The third kappa shape index (κ3) is 48.7. The van der Waals surface area contributed by atoms with Gasteiger partial charge in [0.1, 0.15) is 92.6 Å². The molecule has 19 atom stereocenters. The van der Waals surface area contributed by atoms with Gasteiger partial charge in [0.15, 0.2) is 24.8 Å². The summed E-state index contributed by atoms with van der Waals surface area (Å²) in [6.07, 6.45) is 26.2. The van der Waals surface area contributed by atoms with Crippen LogP contribution in [0.2, 0.25) is 0 Å². The van der Waals surface area contributed by atoms with Crippen molar-refractivity contribution >= 4 is 31.7 Å². The van der Waals surface area contributed by atoms with E-state index in [4.69, 9.17) is 46.9 Å². The molecule has 19 unspecified atom stereocenters. The van der Waals surface area contributed by atoms with Crippen LogP contribution < -0.4 is 0 Å². The fourth-order valence-corrected chi connectivity index (χ4v) is 16.3. The molecular formula is C90H165O25P. The summed E-state index contributed by atoms with van der Waals surface area (Å²) in [7, 11) is -5.81. The molecule has 0 aromatic carbocycles. The molecule has 26 heteroatoms. The second-order valence-electron chi connectivity index (χ2n) is 33.4. The number of ether oxygens (including phenoxy) is 8. The number of allylic oxidation sites excluding steroid dienone is 4. The highest BCUT2D eigenvalue weighted by Gasteiger charge is 2.60. The van der Waals surface area contributed by atoms with E-state index in [0.29, 0.717) is 50.9 Å². The number of carbonyl (C=O) groups is 4. The maximum Gasteiger partial charge on any atom is 0.472 e. The van der Waals surface area contributed by atoms with Crippen LogP contribution in [-0.2, 0) is 70.7 Å². The summed E-state index contributed by atoms with van der Waals surface area (Å²) in [5.74, 6) is -2.36. The Kier molecular flexibility index (Phi) is 63.2. The number of hydrogen-bond acceptors (Lipinski definition) is 24. The number of hydrogen-bond donors (Lipinski definition) is 10. The van der Waals surface area contributed by atoms with E-state index < -0.39 is 162 Å². The Labute approximate surface area is 698 Å². The van der Waals surface area contributed by atoms with Gasteiger partial charge in [0.2, 0.25) is 0 Å². The summed E-state index contributed by atoms with van der Waals surface area (Å²) in [5, 5.41) is 102. The monoisotopic (exact) mass is 1680 g/mol. The zero-order valence-corrected chi connectivity index (χ0v) is 73.4. The number of esters is 4. The van der Waals surface area contributed by atoms with Crippen molar-refractivity contribution in [2.75, 3.05) is 26.4 Å². The predicted molar refractivity (Wildman–Crippen MR) is 449 cm³/mol. The summed E-state index contributed by atoms with van der Waals surface area (Å²) in [5.41, 5.74) is 0. The van der Waals surface area contributed by atoms with Crippen LogP contribution >= 0.6 is 7.82 Å². The Balaban J connectivity index is 1.94. The molecule has 2 aliphatic heterocycles. The Hall–Kier alpha value is -3.05. The summed E-state index contributed by atoms with van der Waals surface area (Å²) >= 11 is 0. The van der Waals surface area contributed by atoms with Crippen LogP contribution in [0.3, 0.4) is 0 Å². The zero-order valence-electron chi connectivity index (χ0n) is 72.5. The van der Waals surface area contributed by atoms with Gasteiger partial charge in [0.25, 0.3) is 0 Å². The van der Waals surface area contributed by atoms with Crippen LogP contribution in [0.1, 0.15) is 388 Å². The normalized spacial score (nSPS) is 25.5. The first-order valence-corrected chi connectivity index (χ1v) is 48.0. The SMILES string of the molecule is CCCCCC/C=C\CCCCCCCCCC(=O)OC(COC(=O)CCCCCCCCCCCCCCC)COP(=O)(O)OC1C(OC2OC(CO)C(O)C(O)C2O)C(O)C(O)C(OC(=O)CCCCCCCCC(C)CCCCCCCC)C1OC1OC(COC(=O)CCCCC/C=C\CCCCCCCC)C(O)C(O)C1O. The molecule has 3 fully saturated rings. The first kappa shape index (κ1) is 107. The van der Waals surface area contributed by atoms with E-state index in [9.17, 15) is 74.6 Å². The molecule has 10 N–H and O–H groups in total. The lowest BCUT2D eigenvalue weighted by Gasteiger charge is -2.50. The highest BCUT2D eigenvalue weighted by molar-refractivity contribution is 7.47. The number of unbranched alkanes of at least 4 members (excludes halogenated alkanes) is 42. The van der Waals surface area contributed by atoms with Gasteiger partial charge in [-0.15, -0.1) is 0 Å². The molecule has 0 spiro atoms. The van der Waals surface area contributed by atoms with Crippen molar-refractivity contribution < 1.29 is 122 Å². The molecule has 116 heavy (non-hydrogen) atoms. The fourth-order valence-electron chi connectivity index (χ4n) is 15.3. The molecular weight excluding hydrogens is 1510 g/mol. The first-order chi connectivity index (χ1) is 56.1. The standard InChI is InChI=1S/C90H165O25P/c1-6-10-14-18-22-25-28-31-32-35-38-41-44-51-57-63-75(94)109-70(66-106-73(92)61-55-49-42-39-36-33-29-26-23-19-15-11-7-2)67-108-116(104,105)115-88-86(113-89-83(102)79(98)77(96)71(65-91)110-89)82(101)81(100)85(112-76(95)64-58-52-46-45-48-54-60-69(5)59-53-47-21-17-13-9-4)87(88)114-90-84(103)80(99)78(97)72(111-90)68-107-74(93)62-56-50-43-40-37-34-30-27-24-20-16-12-8-3/h25,28,34,37,69-72,77-91,96-103H,6-24,26-27,29-33,35-36,38-68H2,1-5H3,(H,104,105)/b28-25-,37-34-. The van der Waals surface area contributed by atoms with Crippen LogP contribution in [-0.4, -0.2) is 205 Å². The summed E-state index contributed by atoms with van der Waals surface area (Å²) < 4.78 is 73.4. The van der Waals surface area contributed by atoms with Crippen LogP contribution in [0.15, 0.2) is 24.3 Å². The third-order valence-electron chi connectivity index (χ3n) is 22.8. The Bertz CT molecular complexity index is 2530. The molecule has 25 nitrogen and oxygen atoms in total. The molecule has 2 heterocycles. The van der Waals surface area contributed by atoms with Crippen molar-refractivity contribution in [2.45, 2.75) is 492 Å². The third-order valence-corrected chi connectivity index (χ3v) is 23.8. The minimum Gasteiger partial charge on any atom is -0.463 e. The Morgan fingerprint density at radius 2 is 0.698 bits per heavy atom. The second-order valence-corrected chi connectivity index (χ2v) is 34.8. The van der Waals surface area contributed by atoms with Crippen molar-refractivity contribution in [3.63, 3.8) is 0 Å². The van der Waals surface area contributed by atoms with E-state index in [1.165, 1.54) is 148 Å². The van der Waals surface area contributed by atoms with E-state index in [-0.39, 0.29) is 25.7 Å². The van der Waals surface area contributed by atoms with Gasteiger partial charge in [-0.25, -0.2) is 4.57 Å². The van der Waals surface area contributed by atoms with Crippen molar-refractivity contribution in [3.05, 3.63) is 24.3 Å². The number of aliphatic hydroxyl groups excluding tert-OH is 9. The molecule has 2 saturated heterocycles. The topological polar surface area (TPSA) is 380 Å². The lowest BCUT2D eigenvalue weighted by Crippen LogP contribution is -2.70. The lowest BCUT2D eigenvalue weighted by molar-refractivity contribution is -0.360. The van der Waals surface area contributed by atoms with Gasteiger partial charge >= 0.3 is 31.7 Å². The molecule has 3 rings (SSSR count). The van der Waals surface area contributed by atoms with Gasteiger partial charge in [0, 0.05) is 25.7 Å². The van der Waals surface area contributed by atoms with Crippen molar-refractivity contribution in [2.24, 2.45) is 5.92 Å². The van der Waals surface area contributed by atoms with Crippen molar-refractivity contribution in [1.82, 2.24) is 0 Å². The van der Waals surface area contributed by atoms with Crippen LogP contribution in [0, 0.1) is 5.92 Å². The quantitative estimate of drug-likeness (QED) is 0.00889. The molecule has 0 aromatic heterocycles. The average molecular weight is 1680 g/mol. The molecule has 0 radical (unpaired) electrons. The molecule has 680 valence electrons.